The predicted octanol–water partition coefficient (Wildman–Crippen LogP) is 1.65. The number of hydrogen-bond acceptors (Lipinski definition) is 9. The van der Waals surface area contributed by atoms with E-state index in [4.69, 9.17) is 8.83 Å². The summed E-state index contributed by atoms with van der Waals surface area (Å²) >= 11 is 1.40. The van der Waals surface area contributed by atoms with Gasteiger partial charge in [-0.2, -0.15) is 0 Å². The fourth-order valence-corrected chi connectivity index (χ4v) is 5.24. The molecule has 1 atom stereocenters. The summed E-state index contributed by atoms with van der Waals surface area (Å²) in [5.41, 5.74) is 0. The average molecular weight is 381 g/mol. The van der Waals surface area contributed by atoms with Crippen LogP contribution in [-0.2, 0) is 22.6 Å². The Morgan fingerprint density at radius 3 is 2.92 bits per heavy atom. The highest BCUT2D eigenvalue weighted by Gasteiger charge is 2.32. The molecule has 0 bridgehead atoms. The van der Waals surface area contributed by atoms with Gasteiger partial charge in [-0.25, -0.2) is 8.42 Å². The standard InChI is InChI=1S/C14H15N5O4S2/c1-19-12(9-4-6-25(20,21)8-9)16-18-14(19)24-7-11-15-17-13(23-11)10-3-2-5-22-10/h2-3,5,9H,4,6-8H2,1H3/t9-/m0/s1. The molecule has 0 radical (unpaired) electrons. The van der Waals surface area contributed by atoms with Gasteiger partial charge >= 0.3 is 0 Å². The van der Waals surface area contributed by atoms with Crippen molar-refractivity contribution in [1.82, 2.24) is 25.0 Å². The summed E-state index contributed by atoms with van der Waals surface area (Å²) in [5.74, 6) is 2.69. The molecule has 4 heterocycles. The Hall–Kier alpha value is -2.14. The highest BCUT2D eigenvalue weighted by molar-refractivity contribution is 7.98. The summed E-state index contributed by atoms with van der Waals surface area (Å²) in [6.07, 6.45) is 2.13. The lowest BCUT2D eigenvalue weighted by Crippen LogP contribution is -2.09. The quantitative estimate of drug-likeness (QED) is 0.608. The van der Waals surface area contributed by atoms with Crippen molar-refractivity contribution in [1.29, 1.82) is 0 Å². The van der Waals surface area contributed by atoms with Crippen LogP contribution in [-0.4, -0.2) is 44.9 Å². The molecule has 9 nitrogen and oxygen atoms in total. The van der Waals surface area contributed by atoms with Gasteiger partial charge in [-0.05, 0) is 18.6 Å². The lowest BCUT2D eigenvalue weighted by Gasteiger charge is -2.07. The molecule has 0 saturated carbocycles. The fraction of sp³-hybridized carbons (Fsp3) is 0.429. The second-order valence-corrected chi connectivity index (χ2v) is 8.94. The number of nitrogens with zero attached hydrogens (tertiary/aromatic N) is 5. The van der Waals surface area contributed by atoms with E-state index in [-0.39, 0.29) is 17.4 Å². The van der Waals surface area contributed by atoms with Crippen LogP contribution in [0.5, 0.6) is 0 Å². The first-order chi connectivity index (χ1) is 12.0. The van der Waals surface area contributed by atoms with Gasteiger partial charge in [-0.1, -0.05) is 11.8 Å². The topological polar surface area (TPSA) is 117 Å². The largest absolute Gasteiger partial charge is 0.459 e. The third-order valence-electron chi connectivity index (χ3n) is 3.99. The monoisotopic (exact) mass is 381 g/mol. The molecule has 0 aromatic carbocycles. The molecule has 11 heteroatoms. The van der Waals surface area contributed by atoms with Crippen LogP contribution in [0.15, 0.2) is 32.4 Å². The van der Waals surface area contributed by atoms with Gasteiger partial charge in [0, 0.05) is 13.0 Å². The van der Waals surface area contributed by atoms with Crippen molar-refractivity contribution in [2.24, 2.45) is 7.05 Å². The van der Waals surface area contributed by atoms with Gasteiger partial charge in [0.2, 0.25) is 5.89 Å². The van der Waals surface area contributed by atoms with Crippen molar-refractivity contribution < 1.29 is 17.3 Å². The van der Waals surface area contributed by atoms with Crippen LogP contribution < -0.4 is 0 Å². The van der Waals surface area contributed by atoms with Gasteiger partial charge in [-0.15, -0.1) is 20.4 Å². The van der Waals surface area contributed by atoms with Crippen molar-refractivity contribution in [3.63, 3.8) is 0 Å². The first-order valence-corrected chi connectivity index (χ1v) is 10.4. The van der Waals surface area contributed by atoms with Gasteiger partial charge in [0.25, 0.3) is 5.89 Å². The Labute approximate surface area is 147 Å². The SMILES string of the molecule is Cn1c(SCc2nnc(-c3ccco3)o2)nnc1[C@H]1CCS(=O)(=O)C1. The third-order valence-corrected chi connectivity index (χ3v) is 6.76. The Kier molecular flexibility index (Phi) is 4.12. The molecule has 132 valence electrons. The zero-order chi connectivity index (χ0) is 17.4. The van der Waals surface area contributed by atoms with Gasteiger partial charge in [0.05, 0.1) is 23.5 Å². The van der Waals surface area contributed by atoms with E-state index in [1.807, 2.05) is 11.6 Å². The minimum absolute atomic E-state index is 0.0918. The van der Waals surface area contributed by atoms with E-state index in [1.165, 1.54) is 18.0 Å². The van der Waals surface area contributed by atoms with Crippen molar-refractivity contribution >= 4 is 21.6 Å². The van der Waals surface area contributed by atoms with E-state index in [0.717, 1.165) is 0 Å². The summed E-state index contributed by atoms with van der Waals surface area (Å²) in [5, 5.41) is 16.9. The maximum Gasteiger partial charge on any atom is 0.283 e. The normalized spacial score (nSPS) is 19.5. The van der Waals surface area contributed by atoms with Gasteiger partial charge in [0.15, 0.2) is 20.8 Å². The Bertz CT molecular complexity index is 977. The van der Waals surface area contributed by atoms with Crippen LogP contribution in [0.4, 0.5) is 0 Å². The van der Waals surface area contributed by atoms with E-state index in [1.54, 1.807) is 12.1 Å². The van der Waals surface area contributed by atoms with E-state index in [2.05, 4.69) is 20.4 Å². The van der Waals surface area contributed by atoms with Crippen molar-refractivity contribution in [2.75, 3.05) is 11.5 Å². The summed E-state index contributed by atoms with van der Waals surface area (Å²) < 4.78 is 35.9. The Morgan fingerprint density at radius 1 is 1.32 bits per heavy atom. The van der Waals surface area contributed by atoms with Crippen LogP contribution >= 0.6 is 11.8 Å². The number of aromatic nitrogens is 5. The minimum Gasteiger partial charge on any atom is -0.459 e. The van der Waals surface area contributed by atoms with E-state index < -0.39 is 9.84 Å². The maximum absolute atomic E-state index is 11.6. The number of rotatable bonds is 5. The zero-order valence-corrected chi connectivity index (χ0v) is 15.0. The maximum atomic E-state index is 11.6. The molecule has 1 fully saturated rings. The van der Waals surface area contributed by atoms with E-state index in [0.29, 0.717) is 40.7 Å². The number of furan rings is 1. The van der Waals surface area contributed by atoms with Crippen LogP contribution in [0.2, 0.25) is 0 Å². The number of sulfone groups is 1. The average Bonchev–Trinajstić information content (AvgIpc) is 3.32. The fourth-order valence-electron chi connectivity index (χ4n) is 2.74. The lowest BCUT2D eigenvalue weighted by atomic mass is 10.1. The molecule has 0 N–H and O–H groups in total. The van der Waals surface area contributed by atoms with Gasteiger partial charge in [0.1, 0.15) is 5.82 Å². The lowest BCUT2D eigenvalue weighted by molar-refractivity contribution is 0.494. The molecule has 4 rings (SSSR count). The van der Waals surface area contributed by atoms with E-state index >= 15 is 0 Å². The molecule has 0 unspecified atom stereocenters. The van der Waals surface area contributed by atoms with Crippen molar-refractivity contribution in [2.45, 2.75) is 23.2 Å². The minimum atomic E-state index is -2.96. The predicted molar refractivity (Wildman–Crippen MR) is 88.6 cm³/mol. The van der Waals surface area contributed by atoms with Crippen LogP contribution in [0.1, 0.15) is 24.1 Å². The number of hydrogen-bond donors (Lipinski definition) is 0. The molecule has 1 aliphatic rings. The molecular formula is C14H15N5O4S2. The van der Waals surface area contributed by atoms with Crippen LogP contribution in [0.25, 0.3) is 11.7 Å². The molecule has 1 saturated heterocycles. The summed E-state index contributed by atoms with van der Waals surface area (Å²) in [6.45, 7) is 0. The zero-order valence-electron chi connectivity index (χ0n) is 13.3. The van der Waals surface area contributed by atoms with Gasteiger partial charge in [-0.3, -0.25) is 0 Å². The molecule has 1 aliphatic heterocycles. The molecule has 0 amide bonds. The molecule has 3 aromatic rings. The highest BCUT2D eigenvalue weighted by Crippen LogP contribution is 2.30. The van der Waals surface area contributed by atoms with Crippen LogP contribution in [0.3, 0.4) is 0 Å². The van der Waals surface area contributed by atoms with E-state index in [9.17, 15) is 8.42 Å². The first-order valence-electron chi connectivity index (χ1n) is 7.60. The Morgan fingerprint density at radius 2 is 2.20 bits per heavy atom. The van der Waals surface area contributed by atoms with Gasteiger partial charge < -0.3 is 13.4 Å². The summed E-state index contributed by atoms with van der Waals surface area (Å²) in [4.78, 5) is 0. The Balaban J connectivity index is 1.44. The van der Waals surface area contributed by atoms with Crippen LogP contribution in [0, 0.1) is 0 Å². The van der Waals surface area contributed by atoms with Crippen molar-refractivity contribution in [3.05, 3.63) is 30.1 Å². The molecular weight excluding hydrogens is 366 g/mol. The molecule has 0 spiro atoms. The van der Waals surface area contributed by atoms with Crippen molar-refractivity contribution in [3.8, 4) is 11.7 Å². The summed E-state index contributed by atoms with van der Waals surface area (Å²) in [6, 6.07) is 3.49. The smallest absolute Gasteiger partial charge is 0.283 e. The second-order valence-electron chi connectivity index (χ2n) is 5.77. The first kappa shape index (κ1) is 16.3. The molecule has 25 heavy (non-hydrogen) atoms. The third kappa shape index (κ3) is 3.33. The summed E-state index contributed by atoms with van der Waals surface area (Å²) in [7, 11) is -1.12. The molecule has 0 aliphatic carbocycles. The highest BCUT2D eigenvalue weighted by atomic mass is 32.2. The second kappa shape index (κ2) is 6.30. The molecule has 3 aromatic heterocycles. The number of thioether (sulfide) groups is 1.